The van der Waals surface area contributed by atoms with Gasteiger partial charge in [0.05, 0.1) is 22.3 Å². The second-order valence-electron chi connectivity index (χ2n) is 7.46. The van der Waals surface area contributed by atoms with Gasteiger partial charge in [0.25, 0.3) is 5.91 Å². The van der Waals surface area contributed by atoms with Crippen LogP contribution >= 0.6 is 35.4 Å². The normalized spacial score (nSPS) is 15.5. The van der Waals surface area contributed by atoms with E-state index in [9.17, 15) is 4.79 Å². The number of anilines is 1. The second kappa shape index (κ2) is 10.3. The van der Waals surface area contributed by atoms with Gasteiger partial charge in [-0.15, -0.1) is 0 Å². The number of carbonyl (C=O) groups excluding carboxylic acids is 1. The molecule has 1 amide bonds. The van der Waals surface area contributed by atoms with Crippen molar-refractivity contribution in [3.8, 4) is 5.75 Å². The maximum Gasteiger partial charge on any atom is 0.255 e. The van der Waals surface area contributed by atoms with E-state index in [0.29, 0.717) is 50.0 Å². The lowest BCUT2D eigenvalue weighted by atomic mass is 9.94. The summed E-state index contributed by atoms with van der Waals surface area (Å²) in [4.78, 5) is 13.4. The number of thiocarbonyl (C=S) groups is 1. The molecular weight excluding hydrogens is 477 g/mol. The summed E-state index contributed by atoms with van der Waals surface area (Å²) < 4.78 is 6.13. The molecule has 4 rings (SSSR count). The fourth-order valence-electron chi connectivity index (χ4n) is 3.59. The zero-order valence-electron chi connectivity index (χ0n) is 17.7. The first-order valence-corrected chi connectivity index (χ1v) is 11.4. The highest BCUT2D eigenvalue weighted by atomic mass is 35.5. The summed E-state index contributed by atoms with van der Waals surface area (Å²) in [5.74, 6) is 0.281. The van der Waals surface area contributed by atoms with Crippen molar-refractivity contribution in [1.82, 2.24) is 10.6 Å². The molecule has 8 heteroatoms. The predicted molar refractivity (Wildman–Crippen MR) is 137 cm³/mol. The SMILES string of the molecule is CC1=C(C(=O)Nc2ccccc2Cl)[C@H](c2cc(Cl)ccc2OCc2ccccc2)NC(=S)N1. The average Bonchev–Trinajstić information content (AvgIpc) is 2.80. The molecule has 0 fully saturated rings. The minimum atomic E-state index is -0.578. The second-order valence-corrected chi connectivity index (χ2v) is 8.71. The van der Waals surface area contributed by atoms with Crippen LogP contribution in [0.5, 0.6) is 5.75 Å². The molecule has 1 aliphatic heterocycles. The summed E-state index contributed by atoms with van der Waals surface area (Å²) in [5, 5.41) is 10.5. The molecule has 0 bridgehead atoms. The monoisotopic (exact) mass is 497 g/mol. The Kier molecular flexibility index (Phi) is 7.18. The molecule has 3 N–H and O–H groups in total. The van der Waals surface area contributed by atoms with Crippen LogP contribution in [0.1, 0.15) is 24.1 Å². The standard InChI is InChI=1S/C25H21Cl2N3O2S/c1-15-22(24(31)29-20-10-6-5-9-19(20)27)23(30-25(33)28-15)18-13-17(26)11-12-21(18)32-14-16-7-3-2-4-8-16/h2-13,23H,14H2,1H3,(H,29,31)(H2,28,30,33)/t23-/m0/s1. The van der Waals surface area contributed by atoms with Crippen LogP contribution in [-0.4, -0.2) is 11.0 Å². The van der Waals surface area contributed by atoms with Crippen molar-refractivity contribution in [2.45, 2.75) is 19.6 Å². The lowest BCUT2D eigenvalue weighted by Crippen LogP contribution is -2.45. The van der Waals surface area contributed by atoms with Crippen molar-refractivity contribution < 1.29 is 9.53 Å². The van der Waals surface area contributed by atoms with E-state index in [1.54, 1.807) is 49.4 Å². The molecule has 0 saturated carbocycles. The third-order valence-corrected chi connectivity index (χ3v) is 5.94. The summed E-state index contributed by atoms with van der Waals surface area (Å²) in [6, 6.07) is 21.7. The van der Waals surface area contributed by atoms with Crippen molar-refractivity contribution in [1.29, 1.82) is 0 Å². The number of halogens is 2. The number of allylic oxidation sites excluding steroid dienone is 1. The van der Waals surface area contributed by atoms with E-state index in [1.807, 2.05) is 30.3 Å². The number of amides is 1. The lowest BCUT2D eigenvalue weighted by Gasteiger charge is -2.31. The van der Waals surface area contributed by atoms with Gasteiger partial charge in [0.2, 0.25) is 0 Å². The number of hydrogen-bond acceptors (Lipinski definition) is 3. The Morgan fingerprint density at radius 2 is 1.79 bits per heavy atom. The van der Waals surface area contributed by atoms with E-state index in [1.165, 1.54) is 0 Å². The van der Waals surface area contributed by atoms with Crippen LogP contribution in [0.2, 0.25) is 10.0 Å². The van der Waals surface area contributed by atoms with Crippen molar-refractivity contribution in [3.63, 3.8) is 0 Å². The molecule has 168 valence electrons. The molecular formula is C25H21Cl2N3O2S. The first-order chi connectivity index (χ1) is 15.9. The maximum atomic E-state index is 13.4. The molecule has 1 heterocycles. The molecule has 1 aliphatic rings. The van der Waals surface area contributed by atoms with Crippen molar-refractivity contribution >= 4 is 52.1 Å². The number of nitrogens with one attached hydrogen (secondary N) is 3. The van der Waals surface area contributed by atoms with Crippen molar-refractivity contribution in [2.24, 2.45) is 0 Å². The van der Waals surface area contributed by atoms with Gasteiger partial charge in [-0.05, 0) is 55.0 Å². The molecule has 3 aromatic carbocycles. The molecule has 5 nitrogen and oxygen atoms in total. The highest BCUT2D eigenvalue weighted by Gasteiger charge is 2.32. The van der Waals surface area contributed by atoms with E-state index >= 15 is 0 Å². The van der Waals surface area contributed by atoms with Gasteiger partial charge in [-0.3, -0.25) is 4.79 Å². The predicted octanol–water partition coefficient (Wildman–Crippen LogP) is 6.00. The van der Waals surface area contributed by atoms with E-state index in [0.717, 1.165) is 5.56 Å². The first-order valence-electron chi connectivity index (χ1n) is 10.2. The molecule has 3 aromatic rings. The molecule has 1 atom stereocenters. The summed E-state index contributed by atoms with van der Waals surface area (Å²) in [7, 11) is 0. The van der Waals surface area contributed by atoms with Gasteiger partial charge in [0, 0.05) is 16.3 Å². The molecule has 0 radical (unpaired) electrons. The van der Waals surface area contributed by atoms with Crippen LogP contribution in [-0.2, 0) is 11.4 Å². The van der Waals surface area contributed by atoms with Gasteiger partial charge >= 0.3 is 0 Å². The molecule has 0 unspecified atom stereocenters. The van der Waals surface area contributed by atoms with Gasteiger partial charge in [-0.2, -0.15) is 0 Å². The van der Waals surface area contributed by atoms with E-state index in [-0.39, 0.29) is 5.91 Å². The van der Waals surface area contributed by atoms with Crippen LogP contribution in [0, 0.1) is 0 Å². The fraction of sp³-hybridized carbons (Fsp3) is 0.120. The minimum absolute atomic E-state index is 0.318. The summed E-state index contributed by atoms with van der Waals surface area (Å²) >= 11 is 18.0. The molecule has 33 heavy (non-hydrogen) atoms. The summed E-state index contributed by atoms with van der Waals surface area (Å²) in [6.07, 6.45) is 0. The quantitative estimate of drug-likeness (QED) is 0.364. The Morgan fingerprint density at radius 3 is 2.55 bits per heavy atom. The smallest absolute Gasteiger partial charge is 0.255 e. The van der Waals surface area contributed by atoms with Gasteiger partial charge in [0.1, 0.15) is 12.4 Å². The van der Waals surface area contributed by atoms with E-state index in [4.69, 9.17) is 40.2 Å². The zero-order valence-corrected chi connectivity index (χ0v) is 20.0. The van der Waals surface area contributed by atoms with Crippen molar-refractivity contribution in [3.05, 3.63) is 105 Å². The number of ether oxygens (including phenoxy) is 1. The Labute approximate surface area is 207 Å². The lowest BCUT2D eigenvalue weighted by molar-refractivity contribution is -0.113. The van der Waals surface area contributed by atoms with E-state index < -0.39 is 6.04 Å². The molecule has 0 saturated heterocycles. The number of hydrogen-bond donors (Lipinski definition) is 3. The Morgan fingerprint density at radius 1 is 1.06 bits per heavy atom. The Balaban J connectivity index is 1.69. The zero-order chi connectivity index (χ0) is 23.4. The van der Waals surface area contributed by atoms with Gasteiger partial charge in [-0.1, -0.05) is 65.7 Å². The van der Waals surface area contributed by atoms with Gasteiger partial charge < -0.3 is 20.7 Å². The molecule has 0 spiro atoms. The van der Waals surface area contributed by atoms with Crippen LogP contribution in [0.15, 0.2) is 84.1 Å². The third-order valence-electron chi connectivity index (χ3n) is 5.16. The fourth-order valence-corrected chi connectivity index (χ4v) is 4.23. The molecule has 0 aliphatic carbocycles. The summed E-state index contributed by atoms with van der Waals surface area (Å²) in [6.45, 7) is 2.17. The number of para-hydroxylation sites is 1. The van der Waals surface area contributed by atoms with Crippen LogP contribution in [0.4, 0.5) is 5.69 Å². The molecule has 0 aromatic heterocycles. The van der Waals surface area contributed by atoms with Crippen molar-refractivity contribution in [2.75, 3.05) is 5.32 Å². The maximum absolute atomic E-state index is 13.4. The highest BCUT2D eigenvalue weighted by Crippen LogP contribution is 2.36. The van der Waals surface area contributed by atoms with Crippen LogP contribution in [0.25, 0.3) is 0 Å². The number of rotatable bonds is 6. The largest absolute Gasteiger partial charge is 0.489 e. The number of carbonyl (C=O) groups is 1. The highest BCUT2D eigenvalue weighted by molar-refractivity contribution is 7.80. The van der Waals surface area contributed by atoms with Crippen LogP contribution < -0.4 is 20.7 Å². The van der Waals surface area contributed by atoms with Gasteiger partial charge in [0.15, 0.2) is 5.11 Å². The minimum Gasteiger partial charge on any atom is -0.489 e. The van der Waals surface area contributed by atoms with Crippen LogP contribution in [0.3, 0.4) is 0 Å². The Bertz CT molecular complexity index is 1230. The number of benzene rings is 3. The first kappa shape index (κ1) is 23.1. The topological polar surface area (TPSA) is 62.4 Å². The Hall–Kier alpha value is -3.06. The van der Waals surface area contributed by atoms with Gasteiger partial charge in [-0.25, -0.2) is 0 Å². The average molecular weight is 498 g/mol. The summed E-state index contributed by atoms with van der Waals surface area (Å²) in [5.41, 5.74) is 3.32. The third kappa shape index (κ3) is 5.47. The van der Waals surface area contributed by atoms with E-state index in [2.05, 4.69) is 16.0 Å².